The highest BCUT2D eigenvalue weighted by atomic mass is 35.5. The number of carbonyl (C=O) groups is 1. The van der Waals surface area contributed by atoms with Gasteiger partial charge in [-0.05, 0) is 30.7 Å². The monoisotopic (exact) mass is 276 g/mol. The fourth-order valence-electron chi connectivity index (χ4n) is 1.83. The Hall–Kier alpha value is -2.07. The van der Waals surface area contributed by atoms with Crippen molar-refractivity contribution in [2.45, 2.75) is 6.92 Å². The van der Waals surface area contributed by atoms with Crippen LogP contribution in [0, 0.1) is 6.92 Å². The smallest absolute Gasteiger partial charge is 0.356 e. The maximum absolute atomic E-state index is 11.0. The van der Waals surface area contributed by atoms with Gasteiger partial charge in [0.1, 0.15) is 5.82 Å². The van der Waals surface area contributed by atoms with Crippen LogP contribution in [-0.2, 0) is 0 Å². The van der Waals surface area contributed by atoms with Gasteiger partial charge in [-0.15, -0.1) is 0 Å². The van der Waals surface area contributed by atoms with E-state index >= 15 is 0 Å². The number of hydrogen-bond acceptors (Lipinski definition) is 3. The molecular weight excluding hydrogens is 264 g/mol. The van der Waals surface area contributed by atoms with Crippen LogP contribution in [0.1, 0.15) is 16.1 Å². The Kier molecular flexibility index (Phi) is 3.71. The molecule has 0 radical (unpaired) electrons. The summed E-state index contributed by atoms with van der Waals surface area (Å²) in [5.74, 6) is -0.596. The SMILES string of the molecule is Cc1ccccc1N(C)c1ccc(Cl)c(C(=O)O)n1. The van der Waals surface area contributed by atoms with E-state index in [0.717, 1.165) is 11.3 Å². The van der Waals surface area contributed by atoms with E-state index in [1.54, 1.807) is 12.1 Å². The van der Waals surface area contributed by atoms with Gasteiger partial charge in [-0.1, -0.05) is 29.8 Å². The van der Waals surface area contributed by atoms with Crippen molar-refractivity contribution in [1.82, 2.24) is 4.98 Å². The lowest BCUT2D eigenvalue weighted by atomic mass is 10.2. The predicted molar refractivity (Wildman–Crippen MR) is 75.4 cm³/mol. The molecule has 0 aliphatic rings. The van der Waals surface area contributed by atoms with Crippen LogP contribution in [0.4, 0.5) is 11.5 Å². The molecule has 5 heteroatoms. The van der Waals surface area contributed by atoms with Gasteiger partial charge < -0.3 is 10.0 Å². The van der Waals surface area contributed by atoms with E-state index in [1.165, 1.54) is 0 Å². The highest BCUT2D eigenvalue weighted by Crippen LogP contribution is 2.26. The number of carboxylic acid groups (broad SMARTS) is 1. The third-order valence-electron chi connectivity index (χ3n) is 2.85. The van der Waals surface area contributed by atoms with Crippen molar-refractivity contribution in [2.75, 3.05) is 11.9 Å². The Morgan fingerprint density at radius 2 is 1.95 bits per heavy atom. The van der Waals surface area contributed by atoms with Gasteiger partial charge in [-0.3, -0.25) is 0 Å². The van der Waals surface area contributed by atoms with Crippen molar-refractivity contribution in [2.24, 2.45) is 0 Å². The zero-order valence-corrected chi connectivity index (χ0v) is 11.3. The highest BCUT2D eigenvalue weighted by molar-refractivity contribution is 6.33. The quantitative estimate of drug-likeness (QED) is 0.932. The Morgan fingerprint density at radius 3 is 2.58 bits per heavy atom. The first-order chi connectivity index (χ1) is 9.00. The van der Waals surface area contributed by atoms with E-state index in [9.17, 15) is 4.79 Å². The third kappa shape index (κ3) is 2.69. The molecule has 2 rings (SSSR count). The molecule has 1 aromatic heterocycles. The number of para-hydroxylation sites is 1. The van der Waals surface area contributed by atoms with Crippen LogP contribution < -0.4 is 4.90 Å². The first kappa shape index (κ1) is 13.4. The molecule has 0 unspecified atom stereocenters. The molecule has 0 spiro atoms. The molecule has 0 aliphatic heterocycles. The summed E-state index contributed by atoms with van der Waals surface area (Å²) in [4.78, 5) is 16.9. The fraction of sp³-hybridized carbons (Fsp3) is 0.143. The van der Waals surface area contributed by atoms with Crippen LogP contribution in [0.5, 0.6) is 0 Å². The van der Waals surface area contributed by atoms with Crippen LogP contribution in [0.25, 0.3) is 0 Å². The van der Waals surface area contributed by atoms with Gasteiger partial charge in [-0.2, -0.15) is 0 Å². The molecule has 0 atom stereocenters. The number of aromatic nitrogens is 1. The molecule has 0 saturated carbocycles. The van der Waals surface area contributed by atoms with Crippen LogP contribution in [0.2, 0.25) is 5.02 Å². The summed E-state index contributed by atoms with van der Waals surface area (Å²) in [6, 6.07) is 11.0. The van der Waals surface area contributed by atoms with E-state index in [-0.39, 0.29) is 10.7 Å². The first-order valence-corrected chi connectivity index (χ1v) is 6.07. The van der Waals surface area contributed by atoms with Crippen LogP contribution in [-0.4, -0.2) is 23.1 Å². The van der Waals surface area contributed by atoms with Crippen molar-refractivity contribution >= 4 is 29.1 Å². The zero-order valence-electron chi connectivity index (χ0n) is 10.6. The molecule has 0 amide bonds. The van der Waals surface area contributed by atoms with Crippen molar-refractivity contribution in [3.63, 3.8) is 0 Å². The lowest BCUT2D eigenvalue weighted by Gasteiger charge is -2.20. The van der Waals surface area contributed by atoms with Crippen LogP contribution in [0.3, 0.4) is 0 Å². The number of benzene rings is 1. The second-order valence-electron chi connectivity index (χ2n) is 4.15. The second-order valence-corrected chi connectivity index (χ2v) is 4.56. The van der Waals surface area contributed by atoms with Gasteiger partial charge >= 0.3 is 5.97 Å². The zero-order chi connectivity index (χ0) is 14.0. The van der Waals surface area contributed by atoms with Crippen molar-refractivity contribution in [3.05, 3.63) is 52.7 Å². The number of halogens is 1. The summed E-state index contributed by atoms with van der Waals surface area (Å²) in [5.41, 5.74) is 1.91. The molecule has 2 aromatic rings. The largest absolute Gasteiger partial charge is 0.476 e. The Morgan fingerprint density at radius 1 is 1.26 bits per heavy atom. The highest BCUT2D eigenvalue weighted by Gasteiger charge is 2.14. The van der Waals surface area contributed by atoms with Crippen molar-refractivity contribution in [1.29, 1.82) is 0 Å². The van der Waals surface area contributed by atoms with Crippen molar-refractivity contribution < 1.29 is 9.90 Å². The maximum atomic E-state index is 11.0. The molecule has 0 saturated heterocycles. The minimum Gasteiger partial charge on any atom is -0.476 e. The molecule has 98 valence electrons. The van der Waals surface area contributed by atoms with E-state index in [0.29, 0.717) is 5.82 Å². The minimum atomic E-state index is -1.13. The van der Waals surface area contributed by atoms with Gasteiger partial charge in [0.15, 0.2) is 5.69 Å². The number of pyridine rings is 1. The fourth-order valence-corrected chi connectivity index (χ4v) is 2.02. The molecule has 0 bridgehead atoms. The maximum Gasteiger partial charge on any atom is 0.356 e. The van der Waals surface area contributed by atoms with Crippen LogP contribution >= 0.6 is 11.6 Å². The number of carboxylic acids is 1. The second kappa shape index (κ2) is 5.28. The average Bonchev–Trinajstić information content (AvgIpc) is 2.38. The molecular formula is C14H13ClN2O2. The molecule has 4 nitrogen and oxygen atoms in total. The van der Waals surface area contributed by atoms with E-state index in [4.69, 9.17) is 16.7 Å². The molecule has 0 fully saturated rings. The van der Waals surface area contributed by atoms with Crippen molar-refractivity contribution in [3.8, 4) is 0 Å². The first-order valence-electron chi connectivity index (χ1n) is 5.70. The molecule has 0 aliphatic carbocycles. The normalized spacial score (nSPS) is 10.3. The predicted octanol–water partition coefficient (Wildman–Crippen LogP) is 3.51. The summed E-state index contributed by atoms with van der Waals surface area (Å²) in [5, 5.41) is 9.17. The average molecular weight is 277 g/mol. The summed E-state index contributed by atoms with van der Waals surface area (Å²) in [6.07, 6.45) is 0. The van der Waals surface area contributed by atoms with E-state index in [1.807, 2.05) is 43.1 Å². The lowest BCUT2D eigenvalue weighted by Crippen LogP contribution is -2.14. The topological polar surface area (TPSA) is 53.4 Å². The Balaban J connectivity index is 2.45. The standard InChI is InChI=1S/C14H13ClN2O2/c1-9-5-3-4-6-11(9)17(2)12-8-7-10(15)13(16-12)14(18)19/h3-8H,1-2H3,(H,18,19). The summed E-state index contributed by atoms with van der Waals surface area (Å²) in [6.45, 7) is 1.99. The van der Waals surface area contributed by atoms with E-state index < -0.39 is 5.97 Å². The number of anilines is 2. The minimum absolute atomic E-state index is 0.134. The summed E-state index contributed by atoms with van der Waals surface area (Å²) >= 11 is 5.81. The molecule has 19 heavy (non-hydrogen) atoms. The van der Waals surface area contributed by atoms with Gasteiger partial charge in [0.25, 0.3) is 0 Å². The molecule has 1 heterocycles. The number of aryl methyl sites for hydroxylation is 1. The van der Waals surface area contributed by atoms with Crippen LogP contribution in [0.15, 0.2) is 36.4 Å². The molecule has 1 aromatic carbocycles. The number of nitrogens with zero attached hydrogens (tertiary/aromatic N) is 2. The van der Waals surface area contributed by atoms with Gasteiger partial charge in [0.05, 0.1) is 5.02 Å². The summed E-state index contributed by atoms with van der Waals surface area (Å²) in [7, 11) is 1.84. The van der Waals surface area contributed by atoms with Gasteiger partial charge in [0.2, 0.25) is 0 Å². The number of aromatic carboxylic acids is 1. The Labute approximate surface area is 116 Å². The number of hydrogen-bond donors (Lipinski definition) is 1. The molecule has 1 N–H and O–H groups in total. The van der Waals surface area contributed by atoms with Gasteiger partial charge in [-0.25, -0.2) is 9.78 Å². The summed E-state index contributed by atoms with van der Waals surface area (Å²) < 4.78 is 0. The Bertz CT molecular complexity index is 629. The van der Waals surface area contributed by atoms with Gasteiger partial charge in [0, 0.05) is 12.7 Å². The lowest BCUT2D eigenvalue weighted by molar-refractivity contribution is 0.0691. The van der Waals surface area contributed by atoms with E-state index in [2.05, 4.69) is 4.98 Å². The number of rotatable bonds is 3. The third-order valence-corrected chi connectivity index (χ3v) is 3.16.